The number of thiazole rings is 1. The molecule has 4 saturated carbocycles. The zero-order valence-corrected chi connectivity index (χ0v) is 50.3. The van der Waals surface area contributed by atoms with Crippen molar-refractivity contribution in [3.05, 3.63) is 44.8 Å². The minimum atomic E-state index is -1.07. The van der Waals surface area contributed by atoms with Crippen LogP contribution in [0.15, 0.2) is 18.2 Å². The van der Waals surface area contributed by atoms with Gasteiger partial charge in [-0.1, -0.05) is 47.8 Å². The number of nitrogens with one attached hydrogen (secondary N) is 2. The van der Waals surface area contributed by atoms with E-state index in [4.69, 9.17) is 14.2 Å². The van der Waals surface area contributed by atoms with Gasteiger partial charge in [-0.25, -0.2) is 14.6 Å². The summed E-state index contributed by atoms with van der Waals surface area (Å²) in [6.45, 7) is 21.6. The number of ether oxygens (including phenoxy) is 3. The van der Waals surface area contributed by atoms with E-state index in [1.807, 2.05) is 6.07 Å². The van der Waals surface area contributed by atoms with Gasteiger partial charge in [0.1, 0.15) is 29.4 Å². The predicted molar refractivity (Wildman–Crippen MR) is 314 cm³/mol. The zero-order chi connectivity index (χ0) is 59.7. The fraction of sp³-hybridized carbons (Fsp3) is 0.667. The number of aromatic hydroxyl groups is 2. The van der Waals surface area contributed by atoms with E-state index in [1.54, 1.807) is 46.0 Å². The van der Waals surface area contributed by atoms with Crippen LogP contribution in [0.4, 0.5) is 4.79 Å². The van der Waals surface area contributed by atoms with Crippen LogP contribution >= 0.6 is 11.3 Å². The monoisotopic (exact) mass is 1150 g/mol. The SMILES string of the molecule is C=c1c(C)c(O)c(=C)c(C(C)(C)CC(=O)N(C)CCN(CCOCCOCCC(=O)NCCCCC(NC(=O)CCC(C)C2CCC3C4CCC5CC(O)CCC5(C)C4CCC23C)C(=O)O)C(=O)Oc2ccc3nc(C#N)sc3c2)c1O. The fourth-order valence-electron chi connectivity index (χ4n) is 14.9. The van der Waals surface area contributed by atoms with Crippen molar-refractivity contribution < 1.29 is 58.6 Å². The Hall–Kier alpha value is -5.81. The van der Waals surface area contributed by atoms with Crippen molar-refractivity contribution in [2.24, 2.45) is 46.3 Å². The molecule has 0 radical (unpaired) electrons. The van der Waals surface area contributed by atoms with Gasteiger partial charge in [-0.3, -0.25) is 14.4 Å². The van der Waals surface area contributed by atoms with E-state index < -0.39 is 23.5 Å². The number of hydrogen-bond acceptors (Lipinski definition) is 14. The van der Waals surface area contributed by atoms with E-state index in [-0.39, 0.29) is 127 Å². The lowest BCUT2D eigenvalue weighted by Gasteiger charge is -2.61. The molecule has 2 aromatic carbocycles. The number of carbonyl (C=O) groups excluding carboxylic acids is 4. The third-order valence-corrected chi connectivity index (χ3v) is 20.6. The Bertz CT molecular complexity index is 2930. The lowest BCUT2D eigenvalue weighted by molar-refractivity contribution is -0.142. The number of carboxylic acid groups (broad SMARTS) is 1. The summed E-state index contributed by atoms with van der Waals surface area (Å²) >= 11 is 1.17. The van der Waals surface area contributed by atoms with Crippen LogP contribution in [0.25, 0.3) is 23.4 Å². The number of phenolic OH excluding ortho intramolecular Hbond substituents is 2. The quantitative estimate of drug-likeness (QED) is 0.0312. The van der Waals surface area contributed by atoms with E-state index in [0.29, 0.717) is 76.2 Å². The molecule has 450 valence electrons. The van der Waals surface area contributed by atoms with Crippen molar-refractivity contribution >= 4 is 64.5 Å². The van der Waals surface area contributed by atoms with Crippen molar-refractivity contribution in [1.29, 1.82) is 5.26 Å². The molecule has 1 aromatic heterocycles. The summed E-state index contributed by atoms with van der Waals surface area (Å²) in [5, 5.41) is 57.7. The maximum atomic E-state index is 13.6. The number of benzene rings is 2. The number of likely N-dealkylation sites (N-methyl/N-ethyl adjacent to an activating group) is 1. The van der Waals surface area contributed by atoms with Crippen LogP contribution in [0.1, 0.15) is 153 Å². The Morgan fingerprint density at radius 2 is 1.61 bits per heavy atom. The van der Waals surface area contributed by atoms with Gasteiger partial charge in [-0.15, -0.1) is 11.3 Å². The second-order valence-electron chi connectivity index (χ2n) is 25.3. The Labute approximate surface area is 487 Å². The van der Waals surface area contributed by atoms with Crippen molar-refractivity contribution in [2.45, 2.75) is 162 Å². The standard InChI is InChI=1S/C63H90N6O12S/c1-38(46-17-18-47-45-16-14-42-34-43(70)21-24-62(42,7)48(45)22-25-63(46,47)8)13-20-53(72)66-50(59(76)77)12-10-11-26-65-52(71)23-30-79-32-33-80-31-29-69(60(78)81-44-15-19-49-51(35-44)82-54(37-64)67-49)28-27-68(9)55(73)36-61(5,6)56-41(4)57(74)39(2)40(3)58(56)75/h15,19,35,38,42-43,45-48,50,70,74-75H,3-4,10-14,16-18,20-34,36H2,1-2,5-9H3,(H,65,71)(H,66,72)(H,76,77). The van der Waals surface area contributed by atoms with Gasteiger partial charge in [-0.2, -0.15) is 5.26 Å². The molecule has 10 unspecified atom stereocenters. The number of aliphatic hydroxyl groups excluding tert-OH is 1. The number of hydrogen-bond donors (Lipinski definition) is 6. The molecular weight excluding hydrogens is 1060 g/mol. The molecule has 4 fully saturated rings. The number of aromatic nitrogens is 1. The number of nitrogens with zero attached hydrogens (tertiary/aromatic N) is 4. The van der Waals surface area contributed by atoms with Gasteiger partial charge in [0.15, 0.2) is 5.01 Å². The number of rotatable bonds is 27. The molecule has 4 aliphatic rings. The van der Waals surface area contributed by atoms with Crippen LogP contribution in [-0.4, -0.2) is 137 Å². The van der Waals surface area contributed by atoms with Crippen molar-refractivity contribution in [2.75, 3.05) is 59.7 Å². The topological polar surface area (TPSA) is 261 Å². The molecule has 10 atom stereocenters. The zero-order valence-electron chi connectivity index (χ0n) is 49.5. The molecular formula is C63H90N6O12S. The van der Waals surface area contributed by atoms with Crippen molar-refractivity contribution in [1.82, 2.24) is 25.4 Å². The summed E-state index contributed by atoms with van der Waals surface area (Å²) in [5.41, 5.74) is 0.992. The molecule has 0 aliphatic heterocycles. The Morgan fingerprint density at radius 1 is 0.890 bits per heavy atom. The van der Waals surface area contributed by atoms with E-state index in [1.165, 1.54) is 59.7 Å². The molecule has 82 heavy (non-hydrogen) atoms. The van der Waals surface area contributed by atoms with Crippen molar-refractivity contribution in [3.8, 4) is 23.3 Å². The summed E-state index contributed by atoms with van der Waals surface area (Å²) in [6, 6.07) is 5.90. The summed E-state index contributed by atoms with van der Waals surface area (Å²) in [5.74, 6) is 2.00. The van der Waals surface area contributed by atoms with Gasteiger partial charge in [-0.05, 0) is 149 Å². The smallest absolute Gasteiger partial charge is 0.415 e. The van der Waals surface area contributed by atoms with Crippen LogP contribution in [0.3, 0.4) is 0 Å². The molecule has 4 aliphatic carbocycles. The number of carboxylic acids is 1. The lowest BCUT2D eigenvalue weighted by atomic mass is 9.44. The summed E-state index contributed by atoms with van der Waals surface area (Å²) in [6.07, 6.45) is 12.1. The van der Waals surface area contributed by atoms with Crippen LogP contribution < -0.4 is 25.8 Å². The normalized spacial score (nSPS) is 24.7. The molecule has 3 aromatic rings. The highest BCUT2D eigenvalue weighted by Gasteiger charge is 2.60. The maximum Gasteiger partial charge on any atom is 0.415 e. The number of nitriles is 1. The van der Waals surface area contributed by atoms with Crippen molar-refractivity contribution in [3.63, 3.8) is 0 Å². The summed E-state index contributed by atoms with van der Waals surface area (Å²) in [4.78, 5) is 72.3. The Morgan fingerprint density at radius 3 is 2.34 bits per heavy atom. The summed E-state index contributed by atoms with van der Waals surface area (Å²) in [7, 11) is 1.61. The van der Waals surface area contributed by atoms with E-state index in [2.05, 4.69) is 49.5 Å². The van der Waals surface area contributed by atoms with Crippen LogP contribution in [-0.2, 0) is 34.1 Å². The number of aliphatic carboxylic acids is 1. The first kappa shape index (κ1) is 63.8. The first-order chi connectivity index (χ1) is 38.9. The van der Waals surface area contributed by atoms with Crippen LogP contribution in [0, 0.1) is 64.6 Å². The minimum absolute atomic E-state index is 0.0517. The number of aliphatic hydroxyl groups is 1. The Kier molecular flexibility index (Phi) is 21.6. The number of amides is 4. The minimum Gasteiger partial charge on any atom is -0.507 e. The predicted octanol–water partition coefficient (Wildman–Crippen LogP) is 8.05. The number of phenols is 2. The fourth-order valence-corrected chi connectivity index (χ4v) is 15.7. The highest BCUT2D eigenvalue weighted by molar-refractivity contribution is 7.19. The third kappa shape index (κ3) is 14.9. The van der Waals surface area contributed by atoms with Gasteiger partial charge < -0.3 is 55.1 Å². The molecule has 1 heterocycles. The average molecular weight is 1160 g/mol. The number of fused-ring (bicyclic) bond motifs is 6. The molecule has 4 amide bonds. The van der Waals surface area contributed by atoms with Gasteiger partial charge in [0.2, 0.25) is 17.7 Å². The second-order valence-corrected chi connectivity index (χ2v) is 26.3. The van der Waals surface area contributed by atoms with Gasteiger partial charge in [0, 0.05) is 85.5 Å². The number of carbonyl (C=O) groups is 5. The highest BCUT2D eigenvalue weighted by atomic mass is 32.1. The van der Waals surface area contributed by atoms with Crippen LogP contribution in [0.5, 0.6) is 17.2 Å². The first-order valence-corrected chi connectivity index (χ1v) is 30.6. The van der Waals surface area contributed by atoms with Gasteiger partial charge in [0.25, 0.3) is 0 Å². The van der Waals surface area contributed by atoms with Gasteiger partial charge >= 0.3 is 12.1 Å². The highest BCUT2D eigenvalue weighted by Crippen LogP contribution is 2.68. The molecule has 6 N–H and O–H groups in total. The first-order valence-electron chi connectivity index (χ1n) is 29.7. The second kappa shape index (κ2) is 27.7. The largest absolute Gasteiger partial charge is 0.507 e. The molecule has 0 spiro atoms. The molecule has 7 rings (SSSR count). The average Bonchev–Trinajstić information content (AvgIpc) is 3.40. The van der Waals surface area contributed by atoms with E-state index >= 15 is 0 Å². The molecule has 18 nitrogen and oxygen atoms in total. The molecule has 19 heteroatoms. The Balaban J connectivity index is 0.775. The lowest BCUT2D eigenvalue weighted by Crippen LogP contribution is -2.54. The third-order valence-electron chi connectivity index (χ3n) is 19.7. The van der Waals surface area contributed by atoms with Crippen LogP contribution in [0.2, 0.25) is 0 Å². The summed E-state index contributed by atoms with van der Waals surface area (Å²) < 4.78 is 17.8. The molecule has 0 saturated heterocycles. The van der Waals surface area contributed by atoms with Gasteiger partial charge in [0.05, 0.1) is 42.7 Å². The van der Waals surface area contributed by atoms with E-state index in [0.717, 1.165) is 37.5 Å². The molecule has 0 bridgehead atoms. The van der Waals surface area contributed by atoms with E-state index in [9.17, 15) is 49.7 Å². The maximum absolute atomic E-state index is 13.6. The number of unbranched alkanes of at least 4 members (excludes halogenated alkanes) is 1.